The van der Waals surface area contributed by atoms with Crippen LogP contribution in [-0.2, 0) is 6.61 Å². The number of pyridine rings is 1. The van der Waals surface area contributed by atoms with Crippen LogP contribution in [0.15, 0.2) is 66.9 Å². The Hall–Kier alpha value is -3.15. The zero-order valence-corrected chi connectivity index (χ0v) is 16.0. The molecule has 3 rings (SSSR count). The van der Waals surface area contributed by atoms with Gasteiger partial charge in [-0.25, -0.2) is 4.98 Å². The van der Waals surface area contributed by atoms with Crippen molar-refractivity contribution in [2.45, 2.75) is 6.61 Å². The maximum Gasteiger partial charge on any atom is 0.185 e. The molecule has 5 nitrogen and oxygen atoms in total. The fourth-order valence-corrected chi connectivity index (χ4v) is 2.75. The van der Waals surface area contributed by atoms with E-state index in [-0.39, 0.29) is 12.4 Å². The van der Waals surface area contributed by atoms with E-state index >= 15 is 0 Å². The highest BCUT2D eigenvalue weighted by Gasteiger charge is 2.07. The number of ketones is 1. The Morgan fingerprint density at radius 1 is 1.21 bits per heavy atom. The van der Waals surface area contributed by atoms with Gasteiger partial charge < -0.3 is 15.2 Å². The summed E-state index contributed by atoms with van der Waals surface area (Å²) in [6, 6.07) is 15.8. The summed E-state index contributed by atoms with van der Waals surface area (Å²) in [5, 5.41) is 13.1. The van der Waals surface area contributed by atoms with E-state index in [1.54, 1.807) is 61.8 Å². The van der Waals surface area contributed by atoms with Gasteiger partial charge in [-0.05, 0) is 54.6 Å². The minimum Gasteiger partial charge on any atom is -0.496 e. The summed E-state index contributed by atoms with van der Waals surface area (Å²) in [6.45, 7) is -0.103. The quantitative estimate of drug-likeness (QED) is 0.441. The summed E-state index contributed by atoms with van der Waals surface area (Å²) >= 11 is 5.86. The summed E-state index contributed by atoms with van der Waals surface area (Å²) < 4.78 is 5.29. The average Bonchev–Trinajstić information content (AvgIpc) is 2.73. The Kier molecular flexibility index (Phi) is 6.42. The van der Waals surface area contributed by atoms with Crippen LogP contribution >= 0.6 is 11.6 Å². The van der Waals surface area contributed by atoms with E-state index in [2.05, 4.69) is 10.3 Å². The summed E-state index contributed by atoms with van der Waals surface area (Å²) in [5.41, 5.74) is 2.77. The monoisotopic (exact) mass is 394 g/mol. The molecular formula is C22H19ClN2O3. The number of hydrogen-bond acceptors (Lipinski definition) is 5. The summed E-state index contributed by atoms with van der Waals surface area (Å²) in [7, 11) is 1.55. The highest BCUT2D eigenvalue weighted by Crippen LogP contribution is 2.26. The zero-order valence-electron chi connectivity index (χ0n) is 15.2. The number of benzene rings is 2. The van der Waals surface area contributed by atoms with E-state index in [1.807, 2.05) is 12.1 Å². The number of hydrogen-bond donors (Lipinski definition) is 2. The lowest BCUT2D eigenvalue weighted by molar-refractivity contribution is 0.104. The van der Waals surface area contributed by atoms with Crippen LogP contribution in [-0.4, -0.2) is 23.0 Å². The smallest absolute Gasteiger partial charge is 0.185 e. The van der Waals surface area contributed by atoms with Crippen LogP contribution in [0.25, 0.3) is 6.08 Å². The van der Waals surface area contributed by atoms with Crippen molar-refractivity contribution in [3.05, 3.63) is 88.6 Å². The number of ether oxygens (including phenoxy) is 1. The van der Waals surface area contributed by atoms with Gasteiger partial charge in [0.15, 0.2) is 5.78 Å². The molecule has 0 radical (unpaired) electrons. The third-order valence-corrected chi connectivity index (χ3v) is 4.35. The van der Waals surface area contributed by atoms with E-state index in [0.717, 1.165) is 11.3 Å². The Labute approximate surface area is 168 Å². The molecule has 0 unspecified atom stereocenters. The standard InChI is InChI=1S/C22H19ClN2O3/c1-28-21-13-19(10-6-17(21)14-26)25-22-16(3-2-12-24-22)7-11-20(27)15-4-8-18(23)9-5-15/h2-13,26H,14H2,1H3,(H,24,25)/b11-7+. The number of allylic oxidation sites excluding steroid dienone is 1. The van der Waals surface area contributed by atoms with Crippen LogP contribution < -0.4 is 10.1 Å². The number of halogens is 1. The number of methoxy groups -OCH3 is 1. The Morgan fingerprint density at radius 3 is 2.71 bits per heavy atom. The van der Waals surface area contributed by atoms with Crippen LogP contribution in [0.1, 0.15) is 21.5 Å². The number of nitrogens with zero attached hydrogens (tertiary/aromatic N) is 1. The van der Waals surface area contributed by atoms with E-state index in [4.69, 9.17) is 16.3 Å². The first-order chi connectivity index (χ1) is 13.6. The van der Waals surface area contributed by atoms with Crippen LogP contribution in [0.3, 0.4) is 0 Å². The van der Waals surface area contributed by atoms with Gasteiger partial charge in [-0.3, -0.25) is 4.79 Å². The van der Waals surface area contributed by atoms with Crippen molar-refractivity contribution in [2.24, 2.45) is 0 Å². The molecule has 0 aliphatic carbocycles. The van der Waals surface area contributed by atoms with Crippen molar-refractivity contribution in [1.82, 2.24) is 4.98 Å². The molecule has 6 heteroatoms. The van der Waals surface area contributed by atoms with Gasteiger partial charge in [-0.15, -0.1) is 0 Å². The largest absolute Gasteiger partial charge is 0.496 e. The van der Waals surface area contributed by atoms with Crippen LogP contribution in [0.5, 0.6) is 5.75 Å². The van der Waals surface area contributed by atoms with Crippen molar-refractivity contribution < 1.29 is 14.6 Å². The molecule has 142 valence electrons. The zero-order chi connectivity index (χ0) is 19.9. The molecule has 28 heavy (non-hydrogen) atoms. The molecular weight excluding hydrogens is 376 g/mol. The Morgan fingerprint density at radius 2 is 2.00 bits per heavy atom. The molecule has 0 aliphatic rings. The molecule has 0 aliphatic heterocycles. The van der Waals surface area contributed by atoms with Gasteiger partial charge in [0.2, 0.25) is 0 Å². The van der Waals surface area contributed by atoms with Crippen molar-refractivity contribution in [1.29, 1.82) is 0 Å². The van der Waals surface area contributed by atoms with Crippen molar-refractivity contribution >= 4 is 35.0 Å². The lowest BCUT2D eigenvalue weighted by Gasteiger charge is -2.12. The number of aromatic nitrogens is 1. The Balaban J connectivity index is 1.81. The number of carbonyl (C=O) groups is 1. The van der Waals surface area contributed by atoms with Crippen LogP contribution in [0, 0.1) is 0 Å². The molecule has 0 bridgehead atoms. The van der Waals surface area contributed by atoms with Crippen molar-refractivity contribution in [3.63, 3.8) is 0 Å². The molecule has 0 amide bonds. The highest BCUT2D eigenvalue weighted by molar-refractivity contribution is 6.30. The van der Waals surface area contributed by atoms with Crippen molar-refractivity contribution in [3.8, 4) is 5.75 Å². The molecule has 0 atom stereocenters. The second-order valence-electron chi connectivity index (χ2n) is 5.96. The fraction of sp³-hybridized carbons (Fsp3) is 0.0909. The third kappa shape index (κ3) is 4.76. The molecule has 0 saturated carbocycles. The summed E-state index contributed by atoms with van der Waals surface area (Å²) in [4.78, 5) is 16.7. The van der Waals surface area contributed by atoms with Gasteiger partial charge in [-0.2, -0.15) is 0 Å². The second-order valence-corrected chi connectivity index (χ2v) is 6.39. The number of rotatable bonds is 7. The maximum atomic E-state index is 12.3. The van der Waals surface area contributed by atoms with Crippen molar-refractivity contribution in [2.75, 3.05) is 12.4 Å². The number of anilines is 2. The highest BCUT2D eigenvalue weighted by atomic mass is 35.5. The predicted molar refractivity (Wildman–Crippen MR) is 111 cm³/mol. The molecule has 3 aromatic rings. The number of carbonyl (C=O) groups excluding carboxylic acids is 1. The molecule has 1 heterocycles. The van der Waals surface area contributed by atoms with E-state index in [9.17, 15) is 9.90 Å². The van der Waals surface area contributed by atoms with Gasteiger partial charge >= 0.3 is 0 Å². The van der Waals surface area contributed by atoms with E-state index in [0.29, 0.717) is 27.7 Å². The fourth-order valence-electron chi connectivity index (χ4n) is 2.62. The molecule has 1 aromatic heterocycles. The van der Waals surface area contributed by atoms with E-state index < -0.39 is 0 Å². The first-order valence-electron chi connectivity index (χ1n) is 8.58. The summed E-state index contributed by atoms with van der Waals surface area (Å²) in [5.74, 6) is 1.06. The lowest BCUT2D eigenvalue weighted by atomic mass is 10.1. The van der Waals surface area contributed by atoms with Gasteiger partial charge in [0.25, 0.3) is 0 Å². The van der Waals surface area contributed by atoms with Gasteiger partial charge in [-0.1, -0.05) is 17.7 Å². The number of aliphatic hydroxyl groups excluding tert-OH is 1. The van der Waals surface area contributed by atoms with E-state index in [1.165, 1.54) is 6.08 Å². The average molecular weight is 395 g/mol. The normalized spacial score (nSPS) is 10.8. The SMILES string of the molecule is COc1cc(Nc2ncccc2/C=C/C(=O)c2ccc(Cl)cc2)ccc1CO. The molecule has 0 spiro atoms. The summed E-state index contributed by atoms with van der Waals surface area (Å²) in [6.07, 6.45) is 4.88. The molecule has 2 N–H and O–H groups in total. The first-order valence-corrected chi connectivity index (χ1v) is 8.96. The van der Waals surface area contributed by atoms with Crippen LogP contribution in [0.2, 0.25) is 5.02 Å². The van der Waals surface area contributed by atoms with Gasteiger partial charge in [0, 0.05) is 39.7 Å². The minimum atomic E-state index is -0.125. The number of nitrogens with one attached hydrogen (secondary N) is 1. The molecule has 2 aromatic carbocycles. The Bertz CT molecular complexity index is 1000. The third-order valence-electron chi connectivity index (χ3n) is 4.10. The molecule has 0 saturated heterocycles. The second kappa shape index (κ2) is 9.17. The number of aliphatic hydroxyl groups is 1. The minimum absolute atomic E-state index is 0.103. The lowest BCUT2D eigenvalue weighted by Crippen LogP contribution is -1.99. The predicted octanol–water partition coefficient (Wildman–Crippen LogP) is 4.88. The first kappa shape index (κ1) is 19.6. The molecule has 0 fully saturated rings. The topological polar surface area (TPSA) is 71.5 Å². The van der Waals surface area contributed by atoms with Gasteiger partial charge in [0.05, 0.1) is 13.7 Å². The van der Waals surface area contributed by atoms with Crippen LogP contribution in [0.4, 0.5) is 11.5 Å². The van der Waals surface area contributed by atoms with Gasteiger partial charge in [0.1, 0.15) is 11.6 Å². The maximum absolute atomic E-state index is 12.3.